The molecular formula is C40H67N5O5S. The van der Waals surface area contributed by atoms with Crippen LogP contribution in [0.1, 0.15) is 127 Å². The number of carbonyl (C=O) groups excluding carboxylic acids is 4. The van der Waals surface area contributed by atoms with Crippen molar-refractivity contribution in [3.63, 3.8) is 0 Å². The fourth-order valence-electron chi connectivity index (χ4n) is 5.78. The molecule has 4 N–H and O–H groups in total. The summed E-state index contributed by atoms with van der Waals surface area (Å²) in [6.07, 6.45) is 10.3. The van der Waals surface area contributed by atoms with Crippen LogP contribution in [0.25, 0.3) is 0 Å². The molecule has 4 atom stereocenters. The maximum Gasteiger partial charge on any atom is 0.308 e. The zero-order valence-electron chi connectivity index (χ0n) is 32.7. The van der Waals surface area contributed by atoms with Crippen LogP contribution in [-0.4, -0.2) is 72.9 Å². The zero-order valence-corrected chi connectivity index (χ0v) is 33.5. The van der Waals surface area contributed by atoms with Gasteiger partial charge in [-0.3, -0.25) is 19.2 Å². The fourth-order valence-corrected chi connectivity index (χ4v) is 6.57. The van der Waals surface area contributed by atoms with E-state index in [9.17, 15) is 19.2 Å². The minimum atomic E-state index is -0.340. The molecule has 288 valence electrons. The number of nitrogens with zero attached hydrogens (tertiary/aromatic N) is 2. The first-order valence-corrected chi connectivity index (χ1v) is 19.8. The van der Waals surface area contributed by atoms with Gasteiger partial charge < -0.3 is 26.0 Å². The number of aryl methyl sites for hydroxylation is 1. The molecule has 3 amide bonds. The first kappa shape index (κ1) is 45.7. The maximum absolute atomic E-state index is 13.1. The summed E-state index contributed by atoms with van der Waals surface area (Å²) in [4.78, 5) is 54.8. The molecule has 51 heavy (non-hydrogen) atoms. The van der Waals surface area contributed by atoms with Crippen molar-refractivity contribution < 1.29 is 23.9 Å². The topological polar surface area (TPSA) is 144 Å². The van der Waals surface area contributed by atoms with Gasteiger partial charge in [-0.2, -0.15) is 0 Å². The summed E-state index contributed by atoms with van der Waals surface area (Å²) in [6.45, 7) is 14.7. The Hall–Kier alpha value is -3.31. The lowest BCUT2D eigenvalue weighted by Gasteiger charge is -2.32. The van der Waals surface area contributed by atoms with Crippen LogP contribution in [0.3, 0.4) is 0 Å². The Kier molecular flexibility index (Phi) is 23.7. The predicted octanol–water partition coefficient (Wildman–Crippen LogP) is 6.96. The van der Waals surface area contributed by atoms with Gasteiger partial charge >= 0.3 is 5.97 Å². The summed E-state index contributed by atoms with van der Waals surface area (Å²) < 4.78 is 4.89. The Morgan fingerprint density at radius 3 is 2.27 bits per heavy atom. The zero-order chi connectivity index (χ0) is 38.2. The van der Waals surface area contributed by atoms with Gasteiger partial charge in [0.05, 0.1) is 18.0 Å². The van der Waals surface area contributed by atoms with Crippen molar-refractivity contribution in [3.05, 3.63) is 52.0 Å². The number of carbonyl (C=O) groups is 4. The predicted molar refractivity (Wildman–Crippen MR) is 209 cm³/mol. The van der Waals surface area contributed by atoms with Gasteiger partial charge in [0.1, 0.15) is 5.69 Å². The SMILES string of the molecule is CCC(C)CC(=O)N(C)C(CCc1nc(C(=O)NC(Cc2ccccc2)CC(C)C(=O)OC)cs1)C(C)C.CCCCNCCCCCC(N)=O. The molecular weight excluding hydrogens is 663 g/mol. The van der Waals surface area contributed by atoms with Crippen molar-refractivity contribution in [3.8, 4) is 0 Å². The number of aromatic nitrogens is 1. The van der Waals surface area contributed by atoms with E-state index in [-0.39, 0.29) is 41.7 Å². The molecule has 1 heterocycles. The molecule has 0 aliphatic carbocycles. The largest absolute Gasteiger partial charge is 0.469 e. The molecule has 0 radical (unpaired) electrons. The van der Waals surface area contributed by atoms with Gasteiger partial charge in [-0.05, 0) is 69.0 Å². The highest BCUT2D eigenvalue weighted by Gasteiger charge is 2.25. The van der Waals surface area contributed by atoms with E-state index < -0.39 is 0 Å². The number of primary amides is 1. The van der Waals surface area contributed by atoms with E-state index in [0.29, 0.717) is 49.6 Å². The molecule has 11 heteroatoms. The third-order valence-corrected chi connectivity index (χ3v) is 10.1. The average Bonchev–Trinajstić information content (AvgIpc) is 3.58. The number of unbranched alkanes of at least 4 members (excludes halogenated alkanes) is 3. The molecule has 4 unspecified atom stereocenters. The van der Waals surface area contributed by atoms with Crippen molar-refractivity contribution in [2.24, 2.45) is 23.5 Å². The first-order valence-electron chi connectivity index (χ1n) is 18.9. The molecule has 2 aromatic rings. The first-order chi connectivity index (χ1) is 24.3. The third kappa shape index (κ3) is 19.8. The lowest BCUT2D eigenvalue weighted by Crippen LogP contribution is -2.41. The molecule has 1 aromatic carbocycles. The van der Waals surface area contributed by atoms with Crippen molar-refractivity contribution in [1.82, 2.24) is 20.5 Å². The summed E-state index contributed by atoms with van der Waals surface area (Å²) in [6, 6.07) is 9.78. The van der Waals surface area contributed by atoms with E-state index in [1.807, 2.05) is 49.2 Å². The number of methoxy groups -OCH3 is 1. The van der Waals surface area contributed by atoms with Gasteiger partial charge in [-0.25, -0.2) is 4.98 Å². The van der Waals surface area contributed by atoms with Crippen LogP contribution in [0.2, 0.25) is 0 Å². The number of thiazole rings is 1. The Labute approximate surface area is 312 Å². The van der Waals surface area contributed by atoms with Crippen LogP contribution < -0.4 is 16.4 Å². The van der Waals surface area contributed by atoms with Crippen molar-refractivity contribution in [2.75, 3.05) is 27.2 Å². The summed E-state index contributed by atoms with van der Waals surface area (Å²) >= 11 is 1.47. The summed E-state index contributed by atoms with van der Waals surface area (Å²) in [7, 11) is 3.28. The molecule has 2 rings (SSSR count). The Morgan fingerprint density at radius 1 is 0.980 bits per heavy atom. The van der Waals surface area contributed by atoms with Crippen LogP contribution >= 0.6 is 11.3 Å². The number of nitrogens with two attached hydrogens (primary N) is 1. The van der Waals surface area contributed by atoms with Gasteiger partial charge in [0.2, 0.25) is 11.8 Å². The molecule has 0 saturated heterocycles. The molecule has 0 bridgehead atoms. The number of benzene rings is 1. The van der Waals surface area contributed by atoms with Crippen LogP contribution in [0.4, 0.5) is 0 Å². The summed E-state index contributed by atoms with van der Waals surface area (Å²) in [5, 5.41) is 9.12. The van der Waals surface area contributed by atoms with Crippen molar-refractivity contribution in [2.45, 2.75) is 131 Å². The highest BCUT2D eigenvalue weighted by molar-refractivity contribution is 7.09. The van der Waals surface area contributed by atoms with Crippen LogP contribution in [0.5, 0.6) is 0 Å². The molecule has 0 spiro atoms. The monoisotopic (exact) mass is 729 g/mol. The van der Waals surface area contributed by atoms with Crippen LogP contribution in [0.15, 0.2) is 35.7 Å². The minimum Gasteiger partial charge on any atom is -0.469 e. The van der Waals surface area contributed by atoms with Gasteiger partial charge in [0, 0.05) is 43.8 Å². The number of esters is 1. The van der Waals surface area contributed by atoms with Crippen LogP contribution in [-0.2, 0) is 32.0 Å². The lowest BCUT2D eigenvalue weighted by atomic mass is 9.96. The molecule has 0 fully saturated rings. The quantitative estimate of drug-likeness (QED) is 0.0783. The second-order valence-electron chi connectivity index (χ2n) is 14.1. The lowest BCUT2D eigenvalue weighted by molar-refractivity contribution is -0.145. The van der Waals surface area contributed by atoms with E-state index in [1.165, 1.54) is 31.3 Å². The highest BCUT2D eigenvalue weighted by atomic mass is 32.1. The minimum absolute atomic E-state index is 0.114. The van der Waals surface area contributed by atoms with E-state index in [2.05, 4.69) is 50.2 Å². The van der Waals surface area contributed by atoms with E-state index in [4.69, 9.17) is 10.5 Å². The Balaban J connectivity index is 0.000000846. The maximum atomic E-state index is 13.1. The number of hydrogen-bond acceptors (Lipinski definition) is 8. The number of amides is 3. The normalized spacial score (nSPS) is 13.4. The summed E-state index contributed by atoms with van der Waals surface area (Å²) in [5.41, 5.74) is 6.49. The second-order valence-corrected chi connectivity index (χ2v) is 15.0. The van der Waals surface area contributed by atoms with E-state index in [1.54, 1.807) is 5.38 Å². The fraction of sp³-hybridized carbons (Fsp3) is 0.675. The van der Waals surface area contributed by atoms with Gasteiger partial charge in [-0.1, -0.05) is 91.1 Å². The third-order valence-electron chi connectivity index (χ3n) is 9.20. The van der Waals surface area contributed by atoms with Gasteiger partial charge in [0.25, 0.3) is 5.91 Å². The van der Waals surface area contributed by atoms with Crippen molar-refractivity contribution in [1.29, 1.82) is 0 Å². The van der Waals surface area contributed by atoms with Gasteiger partial charge in [-0.15, -0.1) is 11.3 Å². The van der Waals surface area contributed by atoms with E-state index in [0.717, 1.165) is 55.8 Å². The molecule has 1 aromatic heterocycles. The Morgan fingerprint density at radius 2 is 1.67 bits per heavy atom. The van der Waals surface area contributed by atoms with Crippen LogP contribution in [0, 0.1) is 17.8 Å². The van der Waals surface area contributed by atoms with Crippen molar-refractivity contribution >= 4 is 35.0 Å². The number of ether oxygens (including phenoxy) is 1. The molecule has 0 aliphatic heterocycles. The number of nitrogens with one attached hydrogen (secondary N) is 2. The molecule has 10 nitrogen and oxygen atoms in total. The second kappa shape index (κ2) is 26.5. The number of rotatable bonds is 24. The van der Waals surface area contributed by atoms with E-state index >= 15 is 0 Å². The van der Waals surface area contributed by atoms with Gasteiger partial charge in [0.15, 0.2) is 0 Å². The standard InChI is InChI=1S/C30H45N3O4S.C10H22N2O/c1-8-21(4)16-28(34)33(6)26(20(2)3)14-15-27-32-25(19-38-27)29(35)31-24(17-22(5)30(36)37-7)18-23-12-10-9-11-13-23;1-2-3-8-12-9-6-4-5-7-10(11)13/h9-13,19-22,24,26H,8,14-18H2,1-7H3,(H,31,35);12H,2-9H2,1H3,(H2,11,13). The molecule has 0 saturated carbocycles. The number of hydrogen-bond donors (Lipinski definition) is 3. The highest BCUT2D eigenvalue weighted by Crippen LogP contribution is 2.21. The smallest absolute Gasteiger partial charge is 0.308 e. The average molecular weight is 730 g/mol. The Bertz CT molecular complexity index is 1270. The molecule has 0 aliphatic rings. The summed E-state index contributed by atoms with van der Waals surface area (Å²) in [5.74, 6) is -0.180.